The van der Waals surface area contributed by atoms with Gasteiger partial charge in [0.25, 0.3) is 0 Å². The largest absolute Gasteiger partial charge is 0.472 e. The number of rotatable bonds is 38. The third-order valence-electron chi connectivity index (χ3n) is 8.49. The maximum Gasteiger partial charge on any atom is 0.472 e. The molecule has 0 aromatic heterocycles. The van der Waals surface area contributed by atoms with Crippen molar-refractivity contribution in [3.05, 3.63) is 60.8 Å². The highest BCUT2D eigenvalue weighted by Gasteiger charge is 2.26. The van der Waals surface area contributed by atoms with Crippen molar-refractivity contribution >= 4 is 19.8 Å². The molecule has 0 aliphatic carbocycles. The Labute approximate surface area is 328 Å². The molecule has 2 unspecified atom stereocenters. The van der Waals surface area contributed by atoms with Crippen LogP contribution in [0.3, 0.4) is 0 Å². The van der Waals surface area contributed by atoms with E-state index in [1.165, 1.54) is 44.9 Å². The number of aliphatic hydroxyl groups excluding tert-OH is 1. The molecule has 54 heavy (non-hydrogen) atoms. The summed E-state index contributed by atoms with van der Waals surface area (Å²) in [6.45, 7) is 3.44. The van der Waals surface area contributed by atoms with E-state index in [-0.39, 0.29) is 32.6 Å². The third kappa shape index (κ3) is 38.0. The van der Waals surface area contributed by atoms with E-state index in [0.717, 1.165) is 70.6 Å². The van der Waals surface area contributed by atoms with Gasteiger partial charge in [-0.3, -0.25) is 18.6 Å². The van der Waals surface area contributed by atoms with Gasteiger partial charge in [0, 0.05) is 19.4 Å². The summed E-state index contributed by atoms with van der Waals surface area (Å²) in [6, 6.07) is 0. The molecule has 3 atom stereocenters. The van der Waals surface area contributed by atoms with Gasteiger partial charge < -0.3 is 25.2 Å². The average molecular weight is 782 g/mol. The number of carbonyl (C=O) groups excluding carboxylic acids is 2. The number of carbonyl (C=O) groups is 2. The summed E-state index contributed by atoms with van der Waals surface area (Å²) in [5.74, 6) is -0.919. The highest BCUT2D eigenvalue weighted by molar-refractivity contribution is 7.47. The van der Waals surface area contributed by atoms with E-state index in [4.69, 9.17) is 24.3 Å². The lowest BCUT2D eigenvalue weighted by molar-refractivity contribution is -0.161. The lowest BCUT2D eigenvalue weighted by atomic mass is 10.1. The fourth-order valence-corrected chi connectivity index (χ4v) is 6.14. The number of nitrogens with two attached hydrogens (primary N) is 1. The van der Waals surface area contributed by atoms with Crippen LogP contribution in [0.4, 0.5) is 0 Å². The fourth-order valence-electron chi connectivity index (χ4n) is 5.38. The van der Waals surface area contributed by atoms with Gasteiger partial charge in [0.2, 0.25) is 0 Å². The zero-order valence-electron chi connectivity index (χ0n) is 33.8. The van der Waals surface area contributed by atoms with Gasteiger partial charge in [-0.2, -0.15) is 0 Å². The summed E-state index contributed by atoms with van der Waals surface area (Å²) in [6.07, 6.45) is 41.2. The Kier molecular flexibility index (Phi) is 37.2. The summed E-state index contributed by atoms with van der Waals surface area (Å²) < 4.78 is 32.7. The Hall–Kier alpha value is -2.33. The van der Waals surface area contributed by atoms with E-state index >= 15 is 0 Å². The molecule has 0 saturated carbocycles. The van der Waals surface area contributed by atoms with E-state index in [1.54, 1.807) is 6.08 Å². The molecule has 0 saturated heterocycles. The topological polar surface area (TPSA) is 155 Å². The van der Waals surface area contributed by atoms with Crippen LogP contribution in [0.2, 0.25) is 0 Å². The molecule has 11 heteroatoms. The van der Waals surface area contributed by atoms with Gasteiger partial charge in [-0.05, 0) is 64.2 Å². The first kappa shape index (κ1) is 51.7. The van der Waals surface area contributed by atoms with Crippen LogP contribution >= 0.6 is 7.82 Å². The van der Waals surface area contributed by atoms with Crippen molar-refractivity contribution < 1.29 is 42.7 Å². The minimum Gasteiger partial charge on any atom is -0.462 e. The van der Waals surface area contributed by atoms with Crippen LogP contribution in [0.1, 0.15) is 162 Å². The van der Waals surface area contributed by atoms with Crippen LogP contribution in [0.15, 0.2) is 60.8 Å². The molecule has 0 amide bonds. The number of allylic oxidation sites excluding steroid dienone is 9. The van der Waals surface area contributed by atoms with Crippen LogP contribution < -0.4 is 5.73 Å². The third-order valence-corrected chi connectivity index (χ3v) is 9.48. The standard InChI is InChI=1S/C43H76NO9P/c1-3-5-7-9-11-12-13-14-15-16-17-18-19-20-22-26-30-34-42(46)50-38-41(39-52-54(48,49)51-37-36-44)53-43(47)35-31-27-23-25-29-33-40(45)32-28-24-21-10-8-6-4-2/h6,8,11-12,14-15,21,24,28,32,40-41,45H,3-5,7,9-10,13,16-20,22-23,25-27,29-31,33-39,44H2,1-2H3,(H,48,49)/b8-6+,12-11-,15-14-,24-21+,32-28+/t40?,41-/m1/s1. The molecular formula is C43H76NO9P. The second kappa shape index (κ2) is 38.9. The van der Waals surface area contributed by atoms with Crippen molar-refractivity contribution in [1.29, 1.82) is 0 Å². The maximum absolute atomic E-state index is 12.6. The number of hydrogen-bond donors (Lipinski definition) is 3. The lowest BCUT2D eigenvalue weighted by Crippen LogP contribution is -2.29. The molecule has 0 aromatic rings. The summed E-state index contributed by atoms with van der Waals surface area (Å²) in [5, 5.41) is 10.1. The van der Waals surface area contributed by atoms with Crippen LogP contribution in [0.5, 0.6) is 0 Å². The first-order valence-corrected chi connectivity index (χ1v) is 22.4. The minimum absolute atomic E-state index is 0.0335. The number of hydrogen-bond acceptors (Lipinski definition) is 9. The van der Waals surface area contributed by atoms with Gasteiger partial charge in [0.05, 0.1) is 19.3 Å². The number of aliphatic hydroxyl groups is 1. The van der Waals surface area contributed by atoms with Crippen molar-refractivity contribution in [3.63, 3.8) is 0 Å². The van der Waals surface area contributed by atoms with E-state index in [1.807, 2.05) is 18.2 Å². The summed E-state index contributed by atoms with van der Waals surface area (Å²) in [7, 11) is -4.41. The molecule has 0 spiro atoms. The number of phosphoric acid groups is 1. The van der Waals surface area contributed by atoms with Crippen molar-refractivity contribution in [2.24, 2.45) is 5.73 Å². The molecule has 0 radical (unpaired) electrons. The van der Waals surface area contributed by atoms with Gasteiger partial charge in [-0.25, -0.2) is 4.57 Å². The summed E-state index contributed by atoms with van der Waals surface area (Å²) in [5.41, 5.74) is 5.33. The first-order chi connectivity index (χ1) is 26.2. The number of unbranched alkanes of at least 4 members (excludes halogenated alkanes) is 14. The quantitative estimate of drug-likeness (QED) is 0.0181. The van der Waals surface area contributed by atoms with Gasteiger partial charge in [-0.1, -0.05) is 145 Å². The number of ether oxygens (including phenoxy) is 2. The van der Waals surface area contributed by atoms with E-state index in [2.05, 4.69) is 50.3 Å². The van der Waals surface area contributed by atoms with Crippen LogP contribution in [0, 0.1) is 0 Å². The average Bonchev–Trinajstić information content (AvgIpc) is 3.15. The van der Waals surface area contributed by atoms with Crippen LogP contribution in [-0.4, -0.2) is 60.5 Å². The van der Waals surface area contributed by atoms with Gasteiger partial charge in [0.15, 0.2) is 6.10 Å². The second-order valence-electron chi connectivity index (χ2n) is 13.7. The smallest absolute Gasteiger partial charge is 0.462 e. The first-order valence-electron chi connectivity index (χ1n) is 20.9. The Balaban J connectivity index is 4.28. The molecular weight excluding hydrogens is 705 g/mol. The molecule has 0 fully saturated rings. The minimum atomic E-state index is -4.41. The Bertz CT molecular complexity index is 1090. The summed E-state index contributed by atoms with van der Waals surface area (Å²) >= 11 is 0. The number of phosphoric ester groups is 1. The van der Waals surface area contributed by atoms with Crippen molar-refractivity contribution in [2.75, 3.05) is 26.4 Å². The molecule has 312 valence electrons. The van der Waals surface area contributed by atoms with Crippen molar-refractivity contribution in [2.45, 2.75) is 174 Å². The Morgan fingerprint density at radius 3 is 1.89 bits per heavy atom. The monoisotopic (exact) mass is 782 g/mol. The maximum atomic E-state index is 12.6. The highest BCUT2D eigenvalue weighted by Crippen LogP contribution is 2.43. The number of esters is 2. The lowest BCUT2D eigenvalue weighted by Gasteiger charge is -2.19. The fraction of sp³-hybridized carbons (Fsp3) is 0.721. The molecule has 0 heterocycles. The highest BCUT2D eigenvalue weighted by atomic mass is 31.2. The molecule has 0 rings (SSSR count). The Morgan fingerprint density at radius 2 is 1.24 bits per heavy atom. The molecule has 0 bridgehead atoms. The molecule has 10 nitrogen and oxygen atoms in total. The van der Waals surface area contributed by atoms with E-state index < -0.39 is 38.6 Å². The molecule has 0 aliphatic heterocycles. The van der Waals surface area contributed by atoms with Gasteiger partial charge in [0.1, 0.15) is 6.61 Å². The molecule has 0 aromatic carbocycles. The zero-order chi connectivity index (χ0) is 39.8. The van der Waals surface area contributed by atoms with Crippen LogP contribution in [0.25, 0.3) is 0 Å². The predicted molar refractivity (Wildman–Crippen MR) is 221 cm³/mol. The second-order valence-corrected chi connectivity index (χ2v) is 15.1. The normalized spacial score (nSPS) is 14.5. The SMILES string of the molecule is CC/C=C/C/C=C/C=C/C(O)CCCCCCCC(=O)O[C@H](COC(=O)CCCCCCCCC/C=C\C/C=C\CCCCC)COP(=O)(O)OCCN. The van der Waals surface area contributed by atoms with Crippen molar-refractivity contribution in [3.8, 4) is 0 Å². The zero-order valence-corrected chi connectivity index (χ0v) is 34.7. The Morgan fingerprint density at radius 1 is 0.667 bits per heavy atom. The van der Waals surface area contributed by atoms with Gasteiger partial charge >= 0.3 is 19.8 Å². The van der Waals surface area contributed by atoms with E-state index in [9.17, 15) is 24.2 Å². The van der Waals surface area contributed by atoms with Crippen molar-refractivity contribution in [1.82, 2.24) is 0 Å². The predicted octanol–water partition coefficient (Wildman–Crippen LogP) is 10.7. The molecule has 0 aliphatic rings. The van der Waals surface area contributed by atoms with Crippen LogP contribution in [-0.2, 0) is 32.7 Å². The van der Waals surface area contributed by atoms with Gasteiger partial charge in [-0.15, -0.1) is 0 Å². The molecule has 4 N–H and O–H groups in total. The summed E-state index contributed by atoms with van der Waals surface area (Å²) in [4.78, 5) is 34.8. The van der Waals surface area contributed by atoms with E-state index in [0.29, 0.717) is 19.3 Å².